The fourth-order valence-electron chi connectivity index (χ4n) is 16.9. The maximum absolute atomic E-state index is 14.0. The summed E-state index contributed by atoms with van der Waals surface area (Å²) in [6.45, 7) is 19.5. The lowest BCUT2D eigenvalue weighted by molar-refractivity contribution is -0.165. The Morgan fingerprint density at radius 2 is 0.631 bits per heavy atom. The summed E-state index contributed by atoms with van der Waals surface area (Å²) in [5.41, 5.74) is 6.26. The number of rotatable bonds is 49. The molecule has 756 valence electrons. The first-order chi connectivity index (χ1) is 67.9. The van der Waals surface area contributed by atoms with Gasteiger partial charge in [-0.15, -0.1) is 0 Å². The number of aliphatic carboxylic acids is 1. The van der Waals surface area contributed by atoms with Crippen molar-refractivity contribution in [2.75, 3.05) is 46.1 Å². The van der Waals surface area contributed by atoms with E-state index in [-0.39, 0.29) is 5.75 Å². The first-order valence-electron chi connectivity index (χ1n) is 50.8. The van der Waals surface area contributed by atoms with Gasteiger partial charge in [0.25, 0.3) is 17.7 Å². The topological polar surface area (TPSA) is 317 Å². The molecular formula is C118H149N3O20. The number of hydrogen-bond acceptors (Lipinski definition) is 19. The summed E-state index contributed by atoms with van der Waals surface area (Å²) in [7, 11) is 0. The van der Waals surface area contributed by atoms with Crippen LogP contribution in [-0.4, -0.2) is 159 Å². The summed E-state index contributed by atoms with van der Waals surface area (Å²) in [5, 5.41) is 39.1. The highest BCUT2D eigenvalue weighted by atomic mass is 16.6. The van der Waals surface area contributed by atoms with Gasteiger partial charge in [0.2, 0.25) is 17.3 Å². The molecular weight excluding hydrogens is 1780 g/mol. The second kappa shape index (κ2) is 58.6. The molecule has 3 heterocycles. The average molecular weight is 1930 g/mol. The van der Waals surface area contributed by atoms with Crippen molar-refractivity contribution >= 4 is 59.3 Å². The number of ether oxygens (including phenoxy) is 6. The fourth-order valence-corrected chi connectivity index (χ4v) is 16.9. The van der Waals surface area contributed by atoms with Crippen LogP contribution >= 0.6 is 0 Å². The third-order valence-corrected chi connectivity index (χ3v) is 27.0. The molecule has 2 unspecified atom stereocenters. The number of Topliss-reactive ketones (excluding diaryl/α,β-unsaturated/α-hetero) is 3. The van der Waals surface area contributed by atoms with E-state index >= 15 is 0 Å². The Hall–Kier alpha value is -12.6. The monoisotopic (exact) mass is 1930 g/mol. The number of esters is 2. The number of piperidine rings is 3. The number of benzene rings is 9. The summed E-state index contributed by atoms with van der Waals surface area (Å²) in [6.07, 6.45) is 19.0. The Morgan fingerprint density at radius 1 is 0.348 bits per heavy atom. The minimum Gasteiger partial charge on any atom is -0.508 e. The zero-order valence-corrected chi connectivity index (χ0v) is 84.1. The molecule has 9 aromatic rings. The average Bonchev–Trinajstić information content (AvgIpc) is 0.808. The maximum atomic E-state index is 14.0. The van der Waals surface area contributed by atoms with Crippen molar-refractivity contribution in [1.82, 2.24) is 14.7 Å². The Labute approximate surface area is 834 Å². The number of carboxylic acid groups (broad SMARTS) is 1. The minimum atomic E-state index is -1.02. The molecule has 7 atom stereocenters. The number of aliphatic hydroxyl groups is 2. The molecule has 0 spiro atoms. The van der Waals surface area contributed by atoms with Crippen molar-refractivity contribution in [2.45, 2.75) is 285 Å². The van der Waals surface area contributed by atoms with Gasteiger partial charge in [-0.3, -0.25) is 33.6 Å². The van der Waals surface area contributed by atoms with E-state index in [2.05, 4.69) is 48.5 Å². The van der Waals surface area contributed by atoms with Crippen molar-refractivity contribution < 1.29 is 96.8 Å². The van der Waals surface area contributed by atoms with Crippen molar-refractivity contribution in [3.8, 4) is 28.7 Å². The normalized spacial score (nSPS) is 15.6. The number of phenols is 1. The van der Waals surface area contributed by atoms with Crippen LogP contribution in [0, 0.1) is 16.2 Å². The van der Waals surface area contributed by atoms with Crippen LogP contribution in [0.25, 0.3) is 0 Å². The first-order valence-corrected chi connectivity index (χ1v) is 50.8. The number of aldehydes is 1. The Kier molecular flexibility index (Phi) is 46.5. The molecule has 4 N–H and O–H groups in total. The van der Waals surface area contributed by atoms with Crippen molar-refractivity contribution in [2.24, 2.45) is 16.2 Å². The summed E-state index contributed by atoms with van der Waals surface area (Å²) in [4.78, 5) is 131. The molecule has 3 aliphatic rings. The molecule has 23 nitrogen and oxygen atoms in total. The second-order valence-electron chi connectivity index (χ2n) is 38.8. The van der Waals surface area contributed by atoms with Crippen LogP contribution in [0.4, 0.5) is 0 Å². The van der Waals surface area contributed by atoms with Crippen LogP contribution in [0.3, 0.4) is 0 Å². The van der Waals surface area contributed by atoms with E-state index in [0.29, 0.717) is 146 Å². The van der Waals surface area contributed by atoms with Gasteiger partial charge in [0.15, 0.2) is 0 Å². The standard InChI is InChI=1S/C62H80N2O10.C36H42O4.C13H21NO4.C7H6O2/c1-7-61(3,4)55(65)57(67)63-39-19-17-33-51(63)59(69)73-53(37-35-45-25-13-11-14-26-45)47-29-23-31-49(43-47)71-41-21-9-10-22-42-72-50-32-24-30-48(44-50)54(38-36-46-27-15-12-16-28-46)74-60(70)52-34-18-20-40-64(52)58(68)56(66)62(5,6)8-2;37-35(23-21-29-13-5-3-6-14-29)31-17-11-19-33(27-31)39-25-9-1-2-10-26-40-34-20-12-18-32(28-34)36(38)24-22-30-15-7-4-8-16-30;1-4-13(2,3)10(15)11(16)14-8-6-5-7-9(14)12(17)18;8-5-6-2-1-3-7(9)4-6/h11-16,23-32,43-44,51-54H,7-10,17-22,33-42H2,1-6H3;3-8,11-20,27-28,35-38H,1-2,9-10,21-26H2;9H,4-8H2,1-3H3,(H,17,18);1-5,9H/t51?,52?,53-,54-;35-,36-;9-;/m110./s1. The van der Waals surface area contributed by atoms with Gasteiger partial charge in [0, 0.05) is 41.4 Å². The number of amides is 3. The largest absolute Gasteiger partial charge is 0.508 e. The number of carboxylic acids is 1. The lowest BCUT2D eigenvalue weighted by Gasteiger charge is -2.36. The van der Waals surface area contributed by atoms with E-state index in [9.17, 15) is 58.2 Å². The Balaban J connectivity index is 0.000000271. The molecule has 0 aromatic heterocycles. The van der Waals surface area contributed by atoms with E-state index in [0.717, 1.165) is 148 Å². The Morgan fingerprint density at radius 3 is 0.922 bits per heavy atom. The molecule has 3 saturated heterocycles. The molecule has 3 fully saturated rings. The van der Waals surface area contributed by atoms with Crippen molar-refractivity contribution in [3.05, 3.63) is 293 Å². The van der Waals surface area contributed by atoms with Crippen LogP contribution in [0.15, 0.2) is 243 Å². The van der Waals surface area contributed by atoms with E-state index in [1.165, 1.54) is 38.0 Å². The summed E-state index contributed by atoms with van der Waals surface area (Å²) in [5.74, 6) is -2.22. The van der Waals surface area contributed by atoms with Gasteiger partial charge in [-0.25, -0.2) is 14.4 Å². The zero-order valence-electron chi connectivity index (χ0n) is 84.1. The van der Waals surface area contributed by atoms with Gasteiger partial charge in [-0.2, -0.15) is 0 Å². The van der Waals surface area contributed by atoms with Gasteiger partial charge in [-0.05, 0) is 285 Å². The van der Waals surface area contributed by atoms with Crippen LogP contribution in [-0.2, 0) is 78.3 Å². The van der Waals surface area contributed by atoms with E-state index in [4.69, 9.17) is 38.6 Å². The number of hydrogen-bond donors (Lipinski definition) is 4. The summed E-state index contributed by atoms with van der Waals surface area (Å²) < 4.78 is 37.0. The van der Waals surface area contributed by atoms with E-state index < -0.39 is 112 Å². The Bertz CT molecular complexity index is 5110. The number of aryl methyl sites for hydroxylation is 4. The van der Waals surface area contributed by atoms with Crippen molar-refractivity contribution in [1.29, 1.82) is 0 Å². The predicted molar refractivity (Wildman–Crippen MR) is 548 cm³/mol. The highest BCUT2D eigenvalue weighted by molar-refractivity contribution is 6.39. The number of nitrogens with zero attached hydrogens (tertiary/aromatic N) is 3. The SMILES string of the molecule is CCC(C)(C)C(=O)C(=O)N1CCCCC1C(=O)O[C@H](CCc1ccccc1)c1cccc(OCCCCCCOc2cccc([C@@H](CCc3ccccc3)OC(=O)C3CCCCN3C(=O)C(=O)C(C)(C)CC)c2)c1.CCC(C)(C)C(=O)C(=O)N1CCCC[C@H]1C(=O)O.O=Cc1cccc(O)c1.O[C@H](CCc1ccccc1)c1cccc(OCCCCCCOc2cccc([C@H](O)CCc3ccccc3)c2)c1. The second-order valence-corrected chi connectivity index (χ2v) is 38.8. The summed E-state index contributed by atoms with van der Waals surface area (Å²) in [6, 6.07) is 75.3. The summed E-state index contributed by atoms with van der Waals surface area (Å²) >= 11 is 0. The van der Waals surface area contributed by atoms with Gasteiger partial charge in [0.1, 0.15) is 65.4 Å². The predicted octanol–water partition coefficient (Wildman–Crippen LogP) is 22.6. The van der Waals surface area contributed by atoms with Gasteiger partial charge in [0.05, 0.1) is 38.6 Å². The molecule has 12 rings (SSSR count). The number of unbranched alkanes of at least 4 members (excludes halogenated alkanes) is 6. The lowest BCUT2D eigenvalue weighted by atomic mass is 9.84. The lowest BCUT2D eigenvalue weighted by Crippen LogP contribution is -2.53. The molecule has 0 radical (unpaired) electrons. The molecule has 3 amide bonds. The van der Waals surface area contributed by atoms with E-state index in [1.54, 1.807) is 53.7 Å². The third-order valence-electron chi connectivity index (χ3n) is 27.0. The number of likely N-dealkylation sites (tertiary alicyclic amines) is 3. The van der Waals surface area contributed by atoms with Gasteiger partial charge < -0.3 is 63.5 Å². The smallest absolute Gasteiger partial charge is 0.329 e. The molecule has 23 heteroatoms. The highest BCUT2D eigenvalue weighted by Gasteiger charge is 2.45. The molecule has 9 aromatic carbocycles. The highest BCUT2D eigenvalue weighted by Crippen LogP contribution is 2.36. The third kappa shape index (κ3) is 36.8. The van der Waals surface area contributed by atoms with Crippen LogP contribution in [0.1, 0.15) is 296 Å². The molecule has 3 aliphatic heterocycles. The van der Waals surface area contributed by atoms with Gasteiger partial charge in [-0.1, -0.05) is 244 Å². The number of ketones is 3. The van der Waals surface area contributed by atoms with E-state index in [1.807, 2.05) is 191 Å². The van der Waals surface area contributed by atoms with Gasteiger partial charge >= 0.3 is 17.9 Å². The molecule has 0 aliphatic carbocycles. The van der Waals surface area contributed by atoms with Crippen molar-refractivity contribution in [3.63, 3.8) is 0 Å². The fraction of sp³-hybridized carbons (Fsp3) is 0.458. The molecule has 0 saturated carbocycles. The number of aliphatic hydroxyl groups excluding tert-OH is 2. The molecule has 0 bridgehead atoms. The maximum Gasteiger partial charge on any atom is 0.329 e. The van der Waals surface area contributed by atoms with Crippen LogP contribution in [0.5, 0.6) is 28.7 Å². The first kappa shape index (κ1) is 112. The number of phenolic OH excluding ortho intramolecular Hbond substituents is 1. The van der Waals surface area contributed by atoms with Crippen LogP contribution in [0.2, 0.25) is 0 Å². The number of aromatic hydroxyl groups is 1. The zero-order chi connectivity index (χ0) is 102. The van der Waals surface area contributed by atoms with Crippen LogP contribution < -0.4 is 18.9 Å². The minimum absolute atomic E-state index is 0.125. The number of carbonyl (C=O) groups is 10. The molecule has 141 heavy (non-hydrogen) atoms. The quantitative estimate of drug-likeness (QED) is 0.0119. The number of carbonyl (C=O) groups excluding carboxylic acids is 9.